The summed E-state index contributed by atoms with van der Waals surface area (Å²) in [5, 5.41) is 15.9. The molecule has 0 aliphatic carbocycles. The van der Waals surface area contributed by atoms with Gasteiger partial charge in [-0.1, -0.05) is 36.8 Å². The second-order valence-electron chi connectivity index (χ2n) is 5.57. The van der Waals surface area contributed by atoms with Gasteiger partial charge in [-0.15, -0.1) is 10.2 Å². The van der Waals surface area contributed by atoms with Crippen LogP contribution in [0.25, 0.3) is 0 Å². The SMILES string of the molecule is CCCNC(CCc1ccc(C)cc1)Cc1nnn(C)n1. The maximum atomic E-state index is 4.28. The van der Waals surface area contributed by atoms with E-state index < -0.39 is 0 Å². The van der Waals surface area contributed by atoms with Crippen molar-refractivity contribution in [3.8, 4) is 0 Å². The fraction of sp³-hybridized carbons (Fsp3) is 0.562. The molecule has 1 atom stereocenters. The van der Waals surface area contributed by atoms with E-state index in [0.29, 0.717) is 6.04 Å². The van der Waals surface area contributed by atoms with E-state index in [1.165, 1.54) is 15.9 Å². The third-order valence-electron chi connectivity index (χ3n) is 3.56. The zero-order valence-corrected chi connectivity index (χ0v) is 13.2. The van der Waals surface area contributed by atoms with Crippen LogP contribution in [0.2, 0.25) is 0 Å². The highest BCUT2D eigenvalue weighted by molar-refractivity contribution is 5.21. The van der Waals surface area contributed by atoms with Gasteiger partial charge in [0.2, 0.25) is 0 Å². The Morgan fingerprint density at radius 2 is 2.00 bits per heavy atom. The van der Waals surface area contributed by atoms with Crippen LogP contribution < -0.4 is 5.32 Å². The minimum Gasteiger partial charge on any atom is -0.314 e. The second-order valence-corrected chi connectivity index (χ2v) is 5.57. The van der Waals surface area contributed by atoms with Crippen LogP contribution in [-0.4, -0.2) is 32.8 Å². The van der Waals surface area contributed by atoms with E-state index >= 15 is 0 Å². The number of aryl methyl sites for hydroxylation is 3. The van der Waals surface area contributed by atoms with Crippen LogP contribution in [-0.2, 0) is 19.9 Å². The number of hydrogen-bond acceptors (Lipinski definition) is 4. The van der Waals surface area contributed by atoms with Gasteiger partial charge in [-0.2, -0.15) is 4.80 Å². The quantitative estimate of drug-likeness (QED) is 0.807. The van der Waals surface area contributed by atoms with Gasteiger partial charge in [0, 0.05) is 12.5 Å². The largest absolute Gasteiger partial charge is 0.314 e. The molecule has 21 heavy (non-hydrogen) atoms. The summed E-state index contributed by atoms with van der Waals surface area (Å²) in [7, 11) is 1.80. The molecule has 0 radical (unpaired) electrons. The standard InChI is InChI=1S/C16H25N5/c1-4-11-17-15(12-16-18-20-21(3)19-16)10-9-14-7-5-13(2)6-8-14/h5-8,15,17H,4,9-12H2,1-3H3. The Balaban J connectivity index is 1.90. The lowest BCUT2D eigenvalue weighted by Gasteiger charge is -2.17. The number of tetrazole rings is 1. The van der Waals surface area contributed by atoms with Gasteiger partial charge >= 0.3 is 0 Å². The van der Waals surface area contributed by atoms with Gasteiger partial charge in [0.25, 0.3) is 0 Å². The average molecular weight is 287 g/mol. The van der Waals surface area contributed by atoms with Crippen LogP contribution in [0.15, 0.2) is 24.3 Å². The molecule has 0 spiro atoms. The molecule has 0 fully saturated rings. The lowest BCUT2D eigenvalue weighted by Crippen LogP contribution is -2.32. The number of benzene rings is 1. The maximum Gasteiger partial charge on any atom is 0.176 e. The van der Waals surface area contributed by atoms with Crippen LogP contribution >= 0.6 is 0 Å². The molecule has 0 bridgehead atoms. The van der Waals surface area contributed by atoms with Gasteiger partial charge < -0.3 is 5.32 Å². The molecular formula is C16H25N5. The van der Waals surface area contributed by atoms with E-state index in [-0.39, 0.29) is 0 Å². The third kappa shape index (κ3) is 5.27. The Labute approximate surface area is 126 Å². The molecule has 1 heterocycles. The van der Waals surface area contributed by atoms with Crippen molar-refractivity contribution in [2.45, 2.75) is 45.6 Å². The fourth-order valence-electron chi connectivity index (χ4n) is 2.35. The van der Waals surface area contributed by atoms with Gasteiger partial charge in [0.15, 0.2) is 5.82 Å². The summed E-state index contributed by atoms with van der Waals surface area (Å²) < 4.78 is 0. The molecule has 1 unspecified atom stereocenters. The minimum atomic E-state index is 0.399. The zero-order valence-electron chi connectivity index (χ0n) is 13.2. The van der Waals surface area contributed by atoms with Gasteiger partial charge in [-0.25, -0.2) is 0 Å². The van der Waals surface area contributed by atoms with E-state index in [2.05, 4.69) is 58.8 Å². The normalized spacial score (nSPS) is 12.5. The van der Waals surface area contributed by atoms with Gasteiger partial charge in [-0.3, -0.25) is 0 Å². The number of aromatic nitrogens is 4. The van der Waals surface area contributed by atoms with Gasteiger partial charge in [0.05, 0.1) is 7.05 Å². The molecule has 0 saturated heterocycles. The Kier molecular flexibility index (Phi) is 5.87. The Hall–Kier alpha value is -1.75. The molecule has 1 aromatic carbocycles. The van der Waals surface area contributed by atoms with Crippen LogP contribution in [0.4, 0.5) is 0 Å². The second kappa shape index (κ2) is 7.88. The molecule has 2 aromatic rings. The number of rotatable bonds is 8. The van der Waals surface area contributed by atoms with E-state index in [1.54, 1.807) is 7.05 Å². The molecule has 0 aliphatic rings. The Morgan fingerprint density at radius 3 is 2.62 bits per heavy atom. The van der Waals surface area contributed by atoms with Crippen LogP contribution in [0.3, 0.4) is 0 Å². The molecule has 1 aromatic heterocycles. The van der Waals surface area contributed by atoms with Gasteiger partial charge in [0.1, 0.15) is 0 Å². The Morgan fingerprint density at radius 1 is 1.24 bits per heavy atom. The molecule has 1 N–H and O–H groups in total. The van der Waals surface area contributed by atoms with Crippen LogP contribution in [0.1, 0.15) is 36.7 Å². The predicted molar refractivity (Wildman–Crippen MR) is 84.1 cm³/mol. The molecule has 114 valence electrons. The summed E-state index contributed by atoms with van der Waals surface area (Å²) in [5.74, 6) is 0.815. The lowest BCUT2D eigenvalue weighted by molar-refractivity contribution is 0.468. The van der Waals surface area contributed by atoms with Crippen molar-refractivity contribution < 1.29 is 0 Å². The Bertz CT molecular complexity index is 532. The highest BCUT2D eigenvalue weighted by atomic mass is 15.6. The zero-order chi connectivity index (χ0) is 15.1. The summed E-state index contributed by atoms with van der Waals surface area (Å²) in [5.41, 5.74) is 2.69. The van der Waals surface area contributed by atoms with Crippen molar-refractivity contribution >= 4 is 0 Å². The van der Waals surface area contributed by atoms with Crippen molar-refractivity contribution in [3.63, 3.8) is 0 Å². The number of nitrogens with one attached hydrogen (secondary N) is 1. The number of nitrogens with zero attached hydrogens (tertiary/aromatic N) is 4. The molecule has 5 heteroatoms. The van der Waals surface area contributed by atoms with Crippen LogP contribution in [0.5, 0.6) is 0 Å². The summed E-state index contributed by atoms with van der Waals surface area (Å²) in [6.07, 6.45) is 4.12. The van der Waals surface area contributed by atoms with E-state index in [4.69, 9.17) is 0 Å². The summed E-state index contributed by atoms with van der Waals surface area (Å²) in [6.45, 7) is 5.33. The summed E-state index contributed by atoms with van der Waals surface area (Å²) in [4.78, 5) is 1.52. The van der Waals surface area contributed by atoms with E-state index in [0.717, 1.165) is 38.1 Å². The first-order chi connectivity index (χ1) is 10.2. The molecule has 0 saturated carbocycles. The number of hydrogen-bond donors (Lipinski definition) is 1. The summed E-state index contributed by atoms with van der Waals surface area (Å²) in [6, 6.07) is 9.18. The predicted octanol–water partition coefficient (Wildman–Crippen LogP) is 2.06. The molecule has 2 rings (SSSR count). The molecular weight excluding hydrogens is 262 g/mol. The van der Waals surface area contributed by atoms with Crippen molar-refractivity contribution in [3.05, 3.63) is 41.2 Å². The summed E-state index contributed by atoms with van der Waals surface area (Å²) >= 11 is 0. The van der Waals surface area contributed by atoms with Crippen molar-refractivity contribution in [2.75, 3.05) is 6.54 Å². The molecule has 0 aliphatic heterocycles. The molecule has 0 amide bonds. The maximum absolute atomic E-state index is 4.28. The van der Waals surface area contributed by atoms with Crippen LogP contribution in [0, 0.1) is 6.92 Å². The third-order valence-corrected chi connectivity index (χ3v) is 3.56. The van der Waals surface area contributed by atoms with Crippen molar-refractivity contribution in [2.24, 2.45) is 7.05 Å². The highest BCUT2D eigenvalue weighted by Gasteiger charge is 2.12. The van der Waals surface area contributed by atoms with Gasteiger partial charge in [-0.05, 0) is 43.5 Å². The first-order valence-corrected chi connectivity index (χ1v) is 7.69. The first-order valence-electron chi connectivity index (χ1n) is 7.69. The van der Waals surface area contributed by atoms with Crippen molar-refractivity contribution in [1.29, 1.82) is 0 Å². The minimum absolute atomic E-state index is 0.399. The van der Waals surface area contributed by atoms with E-state index in [9.17, 15) is 0 Å². The topological polar surface area (TPSA) is 55.6 Å². The average Bonchev–Trinajstić information content (AvgIpc) is 2.89. The highest BCUT2D eigenvalue weighted by Crippen LogP contribution is 2.09. The van der Waals surface area contributed by atoms with Crippen molar-refractivity contribution in [1.82, 2.24) is 25.5 Å². The fourth-order valence-corrected chi connectivity index (χ4v) is 2.35. The lowest BCUT2D eigenvalue weighted by atomic mass is 10.0. The van der Waals surface area contributed by atoms with E-state index in [1.807, 2.05) is 0 Å². The first kappa shape index (κ1) is 15.6. The monoisotopic (exact) mass is 287 g/mol. The smallest absolute Gasteiger partial charge is 0.176 e. The molecule has 5 nitrogen and oxygen atoms in total.